The highest BCUT2D eigenvalue weighted by atomic mass is 16.5. The van der Waals surface area contributed by atoms with Gasteiger partial charge >= 0.3 is 5.97 Å². The maximum absolute atomic E-state index is 11.9. The summed E-state index contributed by atoms with van der Waals surface area (Å²) in [6.07, 6.45) is 0.715. The second-order valence-electron chi connectivity index (χ2n) is 9.17. The largest absolute Gasteiger partial charge is 0.494 e. The van der Waals surface area contributed by atoms with Crippen molar-refractivity contribution < 1.29 is 19.4 Å². The number of carboxylic acid groups (broad SMARTS) is 1. The third-order valence-electron chi connectivity index (χ3n) is 6.49. The lowest BCUT2D eigenvalue weighted by Gasteiger charge is -2.29. The van der Waals surface area contributed by atoms with Crippen LogP contribution in [-0.2, 0) is 6.54 Å². The van der Waals surface area contributed by atoms with Crippen LogP contribution < -0.4 is 10.5 Å². The van der Waals surface area contributed by atoms with Gasteiger partial charge in [-0.1, -0.05) is 84.9 Å². The molecule has 0 unspecified atom stereocenters. The van der Waals surface area contributed by atoms with Crippen LogP contribution in [-0.4, -0.2) is 41.6 Å². The zero-order valence-corrected chi connectivity index (χ0v) is 21.2. The minimum atomic E-state index is -0.930. The van der Waals surface area contributed by atoms with Gasteiger partial charge in [0.1, 0.15) is 5.75 Å². The lowest BCUT2D eigenvalue weighted by Crippen LogP contribution is -2.31. The monoisotopic (exact) mass is 508 g/mol. The number of carbonyl (C=O) groups is 2. The van der Waals surface area contributed by atoms with Crippen molar-refractivity contribution in [1.82, 2.24) is 4.90 Å². The highest BCUT2D eigenvalue weighted by Crippen LogP contribution is 2.27. The first-order valence-electron chi connectivity index (χ1n) is 12.7. The molecule has 0 atom stereocenters. The number of rotatable bonds is 13. The molecule has 3 N–H and O–H groups in total. The van der Waals surface area contributed by atoms with E-state index >= 15 is 0 Å². The number of nitrogens with zero attached hydrogens (tertiary/aromatic N) is 1. The maximum atomic E-state index is 11.9. The third-order valence-corrected chi connectivity index (χ3v) is 6.49. The Balaban J connectivity index is 1.53. The van der Waals surface area contributed by atoms with E-state index in [1.54, 1.807) is 36.4 Å². The lowest BCUT2D eigenvalue weighted by atomic mass is 9.90. The number of primary amides is 1. The summed E-state index contributed by atoms with van der Waals surface area (Å²) >= 11 is 0. The molecule has 38 heavy (non-hydrogen) atoms. The minimum Gasteiger partial charge on any atom is -0.494 e. The number of benzene rings is 4. The van der Waals surface area contributed by atoms with Gasteiger partial charge in [-0.25, -0.2) is 4.79 Å². The van der Waals surface area contributed by atoms with E-state index in [4.69, 9.17) is 10.5 Å². The predicted octanol–water partition coefficient (Wildman–Crippen LogP) is 5.59. The summed E-state index contributed by atoms with van der Waals surface area (Å²) in [6, 6.07) is 34.7. The molecule has 0 radical (unpaired) electrons. The Bertz CT molecular complexity index is 1300. The summed E-state index contributed by atoms with van der Waals surface area (Å²) in [7, 11) is 0. The molecule has 1 amide bonds. The van der Waals surface area contributed by atoms with Gasteiger partial charge < -0.3 is 15.6 Å². The molecule has 0 saturated heterocycles. The van der Waals surface area contributed by atoms with Gasteiger partial charge in [-0.2, -0.15) is 0 Å². The molecule has 0 fully saturated rings. The average Bonchev–Trinajstić information content (AvgIpc) is 2.95. The number of carbonyl (C=O) groups excluding carboxylic acids is 1. The number of ether oxygens (including phenoxy) is 1. The number of aromatic carboxylic acids is 1. The fourth-order valence-electron chi connectivity index (χ4n) is 4.59. The number of hydrogen-bond donors (Lipinski definition) is 2. The Hall–Kier alpha value is -4.42. The van der Waals surface area contributed by atoms with Crippen molar-refractivity contribution >= 4 is 11.9 Å². The molecule has 4 aromatic rings. The van der Waals surface area contributed by atoms with E-state index in [0.717, 1.165) is 5.56 Å². The summed E-state index contributed by atoms with van der Waals surface area (Å²) in [6.45, 7) is 2.34. The first-order valence-corrected chi connectivity index (χ1v) is 12.7. The van der Waals surface area contributed by atoms with E-state index in [-0.39, 0.29) is 5.92 Å². The Morgan fingerprint density at radius 2 is 1.45 bits per heavy atom. The second-order valence-corrected chi connectivity index (χ2v) is 9.17. The van der Waals surface area contributed by atoms with Gasteiger partial charge in [0.15, 0.2) is 0 Å². The minimum absolute atomic E-state index is 0.113. The predicted molar refractivity (Wildman–Crippen MR) is 148 cm³/mol. The van der Waals surface area contributed by atoms with Gasteiger partial charge in [0.05, 0.1) is 12.2 Å². The van der Waals surface area contributed by atoms with Crippen LogP contribution in [0.4, 0.5) is 0 Å². The molecule has 4 rings (SSSR count). The van der Waals surface area contributed by atoms with Crippen molar-refractivity contribution in [1.29, 1.82) is 0 Å². The van der Waals surface area contributed by atoms with Crippen molar-refractivity contribution in [2.45, 2.75) is 18.9 Å². The standard InChI is InChI=1S/C32H32N2O4/c33-31(35)26-16-9-17-28(21-26)38-20-10-19-34(22-27-15-7-8-18-29(27)32(36)37)23-30(24-11-3-1-4-12-24)25-13-5-2-6-14-25/h1-9,11-18,21,30H,10,19-20,22-23H2,(H2,33,35)(H,36,37). The van der Waals surface area contributed by atoms with Crippen molar-refractivity contribution in [2.24, 2.45) is 5.73 Å². The summed E-state index contributed by atoms with van der Waals surface area (Å²) in [5, 5.41) is 9.75. The van der Waals surface area contributed by atoms with Crippen LogP contribution in [0, 0.1) is 0 Å². The number of carboxylic acids is 1. The molecule has 0 aliphatic carbocycles. The SMILES string of the molecule is NC(=O)c1cccc(OCCCN(Cc2ccccc2C(=O)O)CC(c2ccccc2)c2ccccc2)c1. The highest BCUT2D eigenvalue weighted by molar-refractivity contribution is 5.93. The van der Waals surface area contributed by atoms with Crippen molar-refractivity contribution in [3.8, 4) is 5.75 Å². The molecule has 0 aliphatic rings. The lowest BCUT2D eigenvalue weighted by molar-refractivity contribution is 0.0694. The molecule has 4 aromatic carbocycles. The van der Waals surface area contributed by atoms with Gasteiger partial charge in [0.25, 0.3) is 0 Å². The molecule has 0 aliphatic heterocycles. The van der Waals surface area contributed by atoms with Crippen LogP contribution in [0.5, 0.6) is 5.75 Å². The molecule has 6 heteroatoms. The van der Waals surface area contributed by atoms with Gasteiger partial charge in [0, 0.05) is 31.1 Å². The van der Waals surface area contributed by atoms with Crippen LogP contribution in [0.15, 0.2) is 109 Å². The van der Waals surface area contributed by atoms with E-state index in [1.165, 1.54) is 11.1 Å². The molecule has 0 heterocycles. The number of hydrogen-bond acceptors (Lipinski definition) is 4. The molecule has 0 aromatic heterocycles. The summed E-state index contributed by atoms with van der Waals surface area (Å²) in [5.41, 5.74) is 9.28. The molecule has 0 bridgehead atoms. The first-order chi connectivity index (χ1) is 18.5. The van der Waals surface area contributed by atoms with E-state index in [2.05, 4.69) is 29.2 Å². The quantitative estimate of drug-likeness (QED) is 0.230. The molecular formula is C32H32N2O4. The van der Waals surface area contributed by atoms with Gasteiger partial charge in [-0.15, -0.1) is 0 Å². The normalized spacial score (nSPS) is 11.0. The van der Waals surface area contributed by atoms with E-state index in [0.29, 0.717) is 49.5 Å². The zero-order chi connectivity index (χ0) is 26.7. The molecule has 6 nitrogen and oxygen atoms in total. The second kappa shape index (κ2) is 13.2. The molecule has 0 saturated carbocycles. The van der Waals surface area contributed by atoms with Gasteiger partial charge in [-0.05, 0) is 47.4 Å². The fraction of sp³-hybridized carbons (Fsp3) is 0.188. The number of amides is 1. The smallest absolute Gasteiger partial charge is 0.336 e. The summed E-state index contributed by atoms with van der Waals surface area (Å²) < 4.78 is 5.91. The molecule has 194 valence electrons. The Kier molecular flexibility index (Phi) is 9.27. The van der Waals surface area contributed by atoms with E-state index in [9.17, 15) is 14.7 Å². The topological polar surface area (TPSA) is 92.9 Å². The molecule has 0 spiro atoms. The Morgan fingerprint density at radius 3 is 2.08 bits per heavy atom. The zero-order valence-electron chi connectivity index (χ0n) is 21.2. The van der Waals surface area contributed by atoms with Gasteiger partial charge in [-0.3, -0.25) is 9.69 Å². The number of nitrogens with two attached hydrogens (primary N) is 1. The van der Waals surface area contributed by atoms with Crippen molar-refractivity contribution in [3.05, 3.63) is 137 Å². The molecular weight excluding hydrogens is 476 g/mol. The van der Waals surface area contributed by atoms with Gasteiger partial charge in [0.2, 0.25) is 5.91 Å². The fourth-order valence-corrected chi connectivity index (χ4v) is 4.59. The summed E-state index contributed by atoms with van der Waals surface area (Å²) in [5.74, 6) is -0.717. The van der Waals surface area contributed by atoms with Crippen LogP contribution in [0.2, 0.25) is 0 Å². The Labute approximate surface area is 223 Å². The average molecular weight is 509 g/mol. The van der Waals surface area contributed by atoms with E-state index < -0.39 is 11.9 Å². The Morgan fingerprint density at radius 1 is 0.816 bits per heavy atom. The first kappa shape index (κ1) is 26.6. The van der Waals surface area contributed by atoms with Crippen LogP contribution in [0.3, 0.4) is 0 Å². The van der Waals surface area contributed by atoms with Crippen molar-refractivity contribution in [2.75, 3.05) is 19.7 Å². The third kappa shape index (κ3) is 7.31. The van der Waals surface area contributed by atoms with Crippen LogP contribution in [0.1, 0.15) is 49.7 Å². The van der Waals surface area contributed by atoms with Crippen LogP contribution in [0.25, 0.3) is 0 Å². The van der Waals surface area contributed by atoms with Crippen molar-refractivity contribution in [3.63, 3.8) is 0 Å². The summed E-state index contributed by atoms with van der Waals surface area (Å²) in [4.78, 5) is 25.7. The van der Waals surface area contributed by atoms with Crippen LogP contribution >= 0.6 is 0 Å². The maximum Gasteiger partial charge on any atom is 0.336 e. The van der Waals surface area contributed by atoms with E-state index in [1.807, 2.05) is 48.5 Å². The highest BCUT2D eigenvalue weighted by Gasteiger charge is 2.20.